The van der Waals surface area contributed by atoms with Gasteiger partial charge in [0.25, 0.3) is 0 Å². The molecule has 0 N–H and O–H groups in total. The van der Waals surface area contributed by atoms with Gasteiger partial charge < -0.3 is 9.47 Å². The molecule has 1 aliphatic heterocycles. The molecule has 0 aromatic rings. The lowest BCUT2D eigenvalue weighted by Crippen LogP contribution is -2.25. The van der Waals surface area contributed by atoms with Crippen LogP contribution in [0, 0.1) is 11.8 Å². The van der Waals surface area contributed by atoms with Gasteiger partial charge in [0, 0.05) is 16.8 Å². The molecule has 77 valence electrons. The Morgan fingerprint density at radius 1 is 1.29 bits per heavy atom. The van der Waals surface area contributed by atoms with Gasteiger partial charge in [-0.2, -0.15) is 0 Å². The van der Waals surface area contributed by atoms with E-state index >= 15 is 0 Å². The molecular weight excluding hydrogens is 192 g/mol. The van der Waals surface area contributed by atoms with E-state index < -0.39 is 0 Å². The van der Waals surface area contributed by atoms with Crippen LogP contribution in [0.5, 0.6) is 0 Å². The fourth-order valence-electron chi connectivity index (χ4n) is 3.06. The van der Waals surface area contributed by atoms with Crippen LogP contribution in [-0.4, -0.2) is 35.7 Å². The Morgan fingerprint density at radius 3 is 2.79 bits per heavy atom. The maximum Gasteiger partial charge on any atom is 0.0831 e. The first kappa shape index (κ1) is 9.37. The van der Waals surface area contributed by atoms with Crippen molar-refractivity contribution in [2.45, 2.75) is 43.4 Å². The van der Waals surface area contributed by atoms with Gasteiger partial charge in [-0.3, -0.25) is 0 Å². The van der Waals surface area contributed by atoms with Gasteiger partial charge in [0.1, 0.15) is 0 Å². The van der Waals surface area contributed by atoms with Crippen molar-refractivity contribution in [1.82, 2.24) is 0 Å². The molecule has 2 bridgehead atoms. The highest BCUT2D eigenvalue weighted by Gasteiger charge is 2.44. The maximum atomic E-state index is 5.95. The highest BCUT2D eigenvalue weighted by Crippen LogP contribution is 2.51. The first-order valence-corrected chi connectivity index (χ1v) is 6.35. The lowest BCUT2D eigenvalue weighted by Gasteiger charge is -2.26. The van der Waals surface area contributed by atoms with E-state index in [1.165, 1.54) is 19.3 Å². The third-order valence-electron chi connectivity index (χ3n) is 3.93. The average Bonchev–Trinajstić information content (AvgIpc) is 2.79. The number of hydrogen-bond acceptors (Lipinski definition) is 2. The van der Waals surface area contributed by atoms with Crippen LogP contribution in [0.25, 0.3) is 0 Å². The third-order valence-corrected chi connectivity index (χ3v) is 4.59. The molecule has 3 aliphatic rings. The minimum Gasteiger partial charge on any atom is -0.378 e. The summed E-state index contributed by atoms with van der Waals surface area (Å²) in [6.07, 6.45) is 6.21. The molecule has 5 atom stereocenters. The standard InChI is InChI=1S/C11H17O2Si/c14-11-5-7-3-9(11)10(4-7)12-2-1-8-6-13-8/h7-11H,1-6H2. The van der Waals surface area contributed by atoms with Gasteiger partial charge in [0.2, 0.25) is 0 Å². The number of hydrogen-bond donors (Lipinski definition) is 0. The zero-order valence-electron chi connectivity index (χ0n) is 8.45. The monoisotopic (exact) mass is 209 g/mol. The second kappa shape index (κ2) is 3.61. The van der Waals surface area contributed by atoms with Gasteiger partial charge in [-0.1, -0.05) is 6.42 Å². The lowest BCUT2D eigenvalue weighted by atomic mass is 9.97. The lowest BCUT2D eigenvalue weighted by molar-refractivity contribution is 0.0134. The Kier molecular flexibility index (Phi) is 2.42. The fourth-order valence-corrected chi connectivity index (χ4v) is 3.75. The van der Waals surface area contributed by atoms with Crippen molar-refractivity contribution in [3.63, 3.8) is 0 Å². The SMILES string of the molecule is [Si]C1CC2CC(OCCC3CO3)C1C2. The Hall–Kier alpha value is 0.137. The highest BCUT2D eigenvalue weighted by atomic mass is 28.1. The zero-order chi connectivity index (χ0) is 9.54. The number of epoxide rings is 1. The Morgan fingerprint density at radius 2 is 2.14 bits per heavy atom. The van der Waals surface area contributed by atoms with E-state index in [-0.39, 0.29) is 0 Å². The van der Waals surface area contributed by atoms with Crippen LogP contribution in [0.4, 0.5) is 0 Å². The molecule has 0 spiro atoms. The van der Waals surface area contributed by atoms with Crippen LogP contribution < -0.4 is 0 Å². The van der Waals surface area contributed by atoms with Crippen molar-refractivity contribution >= 4 is 10.2 Å². The summed E-state index contributed by atoms with van der Waals surface area (Å²) < 4.78 is 11.1. The number of rotatable bonds is 4. The Labute approximate surface area is 88.8 Å². The van der Waals surface area contributed by atoms with Crippen molar-refractivity contribution in [1.29, 1.82) is 0 Å². The smallest absolute Gasteiger partial charge is 0.0831 e. The van der Waals surface area contributed by atoms with E-state index in [2.05, 4.69) is 10.2 Å². The molecule has 0 aromatic heterocycles. The van der Waals surface area contributed by atoms with Gasteiger partial charge in [-0.05, 0) is 36.6 Å². The quantitative estimate of drug-likeness (QED) is 0.517. The molecule has 0 amide bonds. The van der Waals surface area contributed by atoms with Crippen molar-refractivity contribution in [3.8, 4) is 0 Å². The van der Waals surface area contributed by atoms with Crippen LogP contribution in [0.1, 0.15) is 25.7 Å². The molecule has 1 saturated heterocycles. The second-order valence-electron chi connectivity index (χ2n) is 5.00. The molecular formula is C11H17O2Si. The number of ether oxygens (including phenoxy) is 2. The topological polar surface area (TPSA) is 21.8 Å². The summed E-state index contributed by atoms with van der Waals surface area (Å²) in [5.74, 6) is 1.72. The summed E-state index contributed by atoms with van der Waals surface area (Å²) in [5, 5.41) is 0. The maximum absolute atomic E-state index is 5.95. The fraction of sp³-hybridized carbons (Fsp3) is 1.00. The van der Waals surface area contributed by atoms with E-state index in [0.29, 0.717) is 12.2 Å². The molecule has 1 heterocycles. The normalized spacial score (nSPS) is 49.9. The van der Waals surface area contributed by atoms with Gasteiger partial charge in [-0.15, -0.1) is 0 Å². The van der Waals surface area contributed by atoms with Crippen LogP contribution in [-0.2, 0) is 9.47 Å². The van der Waals surface area contributed by atoms with Gasteiger partial charge in [0.05, 0.1) is 18.8 Å². The Bertz CT molecular complexity index is 217. The Balaban J connectivity index is 1.44. The van der Waals surface area contributed by atoms with E-state index in [0.717, 1.165) is 37.0 Å². The number of fused-ring (bicyclic) bond motifs is 2. The van der Waals surface area contributed by atoms with Crippen molar-refractivity contribution in [3.05, 3.63) is 0 Å². The molecule has 0 aromatic carbocycles. The summed E-state index contributed by atoms with van der Waals surface area (Å²) in [4.78, 5) is 0. The summed E-state index contributed by atoms with van der Waals surface area (Å²) in [7, 11) is 3.81. The first-order valence-electron chi connectivity index (χ1n) is 5.77. The second-order valence-corrected chi connectivity index (χ2v) is 5.74. The predicted octanol–water partition coefficient (Wildman–Crippen LogP) is 1.55. The summed E-state index contributed by atoms with van der Waals surface area (Å²) in [5.41, 5.74) is 0.718. The van der Waals surface area contributed by atoms with Gasteiger partial charge >= 0.3 is 0 Å². The summed E-state index contributed by atoms with van der Waals surface area (Å²) >= 11 is 0. The molecule has 3 fully saturated rings. The van der Waals surface area contributed by atoms with Crippen molar-refractivity contribution in [2.24, 2.45) is 11.8 Å². The van der Waals surface area contributed by atoms with Gasteiger partial charge in [0.15, 0.2) is 0 Å². The molecule has 3 heteroatoms. The average molecular weight is 209 g/mol. The van der Waals surface area contributed by atoms with E-state index in [9.17, 15) is 0 Å². The summed E-state index contributed by atoms with van der Waals surface area (Å²) in [6, 6.07) is 0. The van der Waals surface area contributed by atoms with Crippen LogP contribution in [0.2, 0.25) is 5.54 Å². The van der Waals surface area contributed by atoms with Crippen LogP contribution >= 0.6 is 0 Å². The molecule has 2 saturated carbocycles. The van der Waals surface area contributed by atoms with Gasteiger partial charge in [-0.25, -0.2) is 0 Å². The predicted molar refractivity (Wildman–Crippen MR) is 54.4 cm³/mol. The van der Waals surface area contributed by atoms with Crippen molar-refractivity contribution < 1.29 is 9.47 Å². The first-order chi connectivity index (χ1) is 6.83. The third kappa shape index (κ3) is 1.77. The van der Waals surface area contributed by atoms with E-state index in [4.69, 9.17) is 9.47 Å². The molecule has 2 aliphatic carbocycles. The molecule has 3 radical (unpaired) electrons. The zero-order valence-corrected chi connectivity index (χ0v) is 9.45. The summed E-state index contributed by atoms with van der Waals surface area (Å²) in [6.45, 7) is 1.86. The van der Waals surface area contributed by atoms with E-state index in [1.807, 2.05) is 0 Å². The largest absolute Gasteiger partial charge is 0.378 e. The molecule has 14 heavy (non-hydrogen) atoms. The minimum atomic E-state index is 0.521. The molecule has 3 rings (SSSR count). The molecule has 2 nitrogen and oxygen atoms in total. The highest BCUT2D eigenvalue weighted by molar-refractivity contribution is 6.12. The van der Waals surface area contributed by atoms with E-state index in [1.54, 1.807) is 0 Å². The van der Waals surface area contributed by atoms with Crippen LogP contribution in [0.15, 0.2) is 0 Å². The minimum absolute atomic E-state index is 0.521. The molecule has 5 unspecified atom stereocenters. The van der Waals surface area contributed by atoms with Crippen LogP contribution in [0.3, 0.4) is 0 Å². The van der Waals surface area contributed by atoms with Crippen molar-refractivity contribution in [2.75, 3.05) is 13.2 Å².